The van der Waals surface area contributed by atoms with Crippen LogP contribution in [-0.4, -0.2) is 38.0 Å². The van der Waals surface area contributed by atoms with Crippen molar-refractivity contribution in [1.29, 1.82) is 0 Å². The second-order valence-corrected chi connectivity index (χ2v) is 4.67. The van der Waals surface area contributed by atoms with Gasteiger partial charge in [-0.05, 0) is 31.0 Å². The van der Waals surface area contributed by atoms with Gasteiger partial charge in [0, 0.05) is 32.9 Å². The molecule has 1 aromatic rings. The predicted octanol–water partition coefficient (Wildman–Crippen LogP) is 1.57. The molecule has 0 atom stereocenters. The van der Waals surface area contributed by atoms with Gasteiger partial charge in [-0.25, -0.2) is 0 Å². The van der Waals surface area contributed by atoms with Crippen LogP contribution in [0.4, 0.5) is 11.4 Å². The molecular weight excluding hydrogens is 214 g/mol. The SMILES string of the molecule is CN(C)C(=O)c1ccc(N)cc1N1CCCC1. The van der Waals surface area contributed by atoms with Gasteiger partial charge in [0.2, 0.25) is 0 Å². The average Bonchev–Trinajstić information content (AvgIpc) is 2.81. The van der Waals surface area contributed by atoms with Gasteiger partial charge in [-0.15, -0.1) is 0 Å². The summed E-state index contributed by atoms with van der Waals surface area (Å²) in [7, 11) is 3.54. The predicted molar refractivity (Wildman–Crippen MR) is 70.3 cm³/mol. The van der Waals surface area contributed by atoms with Crippen molar-refractivity contribution in [3.63, 3.8) is 0 Å². The van der Waals surface area contributed by atoms with Crippen LogP contribution in [0, 0.1) is 0 Å². The van der Waals surface area contributed by atoms with Gasteiger partial charge < -0.3 is 15.5 Å². The van der Waals surface area contributed by atoms with Gasteiger partial charge in [0.15, 0.2) is 0 Å². The molecule has 0 radical (unpaired) electrons. The molecule has 0 aliphatic carbocycles. The molecule has 4 nitrogen and oxygen atoms in total. The lowest BCUT2D eigenvalue weighted by Crippen LogP contribution is -2.26. The molecule has 2 N–H and O–H groups in total. The first kappa shape index (κ1) is 11.8. The van der Waals surface area contributed by atoms with Gasteiger partial charge in [-0.1, -0.05) is 0 Å². The fraction of sp³-hybridized carbons (Fsp3) is 0.462. The summed E-state index contributed by atoms with van der Waals surface area (Å²) in [6.07, 6.45) is 2.37. The molecule has 1 saturated heterocycles. The largest absolute Gasteiger partial charge is 0.399 e. The molecule has 1 fully saturated rings. The number of benzene rings is 1. The molecule has 1 aliphatic rings. The molecule has 1 aliphatic heterocycles. The lowest BCUT2D eigenvalue weighted by atomic mass is 10.1. The standard InChI is InChI=1S/C13H19N3O/c1-15(2)13(17)11-6-5-10(14)9-12(11)16-7-3-4-8-16/h5-6,9H,3-4,7-8,14H2,1-2H3. The molecule has 0 spiro atoms. The van der Waals surface area contributed by atoms with Crippen LogP contribution < -0.4 is 10.6 Å². The van der Waals surface area contributed by atoms with Crippen LogP contribution in [-0.2, 0) is 0 Å². The summed E-state index contributed by atoms with van der Waals surface area (Å²) in [4.78, 5) is 15.9. The number of hydrogen-bond donors (Lipinski definition) is 1. The van der Waals surface area contributed by atoms with Crippen molar-refractivity contribution in [2.45, 2.75) is 12.8 Å². The van der Waals surface area contributed by atoms with Gasteiger partial charge in [-0.3, -0.25) is 4.79 Å². The van der Waals surface area contributed by atoms with Crippen LogP contribution in [0.15, 0.2) is 18.2 Å². The van der Waals surface area contributed by atoms with E-state index in [1.165, 1.54) is 12.8 Å². The topological polar surface area (TPSA) is 49.6 Å². The van der Waals surface area contributed by atoms with Crippen LogP contribution in [0.5, 0.6) is 0 Å². The van der Waals surface area contributed by atoms with Crippen molar-refractivity contribution in [2.75, 3.05) is 37.8 Å². The Morgan fingerprint density at radius 3 is 2.53 bits per heavy atom. The number of anilines is 2. The van der Waals surface area contributed by atoms with Crippen molar-refractivity contribution in [2.24, 2.45) is 0 Å². The Labute approximate surface area is 102 Å². The third-order valence-corrected chi connectivity index (χ3v) is 3.11. The number of hydrogen-bond acceptors (Lipinski definition) is 3. The third kappa shape index (κ3) is 2.35. The van der Waals surface area contributed by atoms with Crippen molar-refractivity contribution in [3.8, 4) is 0 Å². The molecule has 1 amide bonds. The van der Waals surface area contributed by atoms with Crippen molar-refractivity contribution < 1.29 is 4.79 Å². The number of nitrogen functional groups attached to an aromatic ring is 1. The van der Waals surface area contributed by atoms with Gasteiger partial charge in [0.25, 0.3) is 5.91 Å². The molecule has 0 unspecified atom stereocenters. The molecule has 2 rings (SSSR count). The summed E-state index contributed by atoms with van der Waals surface area (Å²) < 4.78 is 0. The highest BCUT2D eigenvalue weighted by molar-refractivity contribution is 6.00. The fourth-order valence-corrected chi connectivity index (χ4v) is 2.19. The normalized spacial score (nSPS) is 15.1. The number of carbonyl (C=O) groups is 1. The van der Waals surface area contributed by atoms with E-state index in [0.717, 1.165) is 24.3 Å². The second kappa shape index (κ2) is 4.65. The number of carbonyl (C=O) groups excluding carboxylic acids is 1. The zero-order valence-corrected chi connectivity index (χ0v) is 10.4. The first-order chi connectivity index (χ1) is 8.09. The fourth-order valence-electron chi connectivity index (χ4n) is 2.19. The Morgan fingerprint density at radius 2 is 1.94 bits per heavy atom. The molecular formula is C13H19N3O. The van der Waals surface area contributed by atoms with E-state index in [2.05, 4.69) is 4.90 Å². The highest BCUT2D eigenvalue weighted by Gasteiger charge is 2.20. The summed E-state index contributed by atoms with van der Waals surface area (Å²) in [5, 5.41) is 0. The van der Waals surface area contributed by atoms with Gasteiger partial charge in [-0.2, -0.15) is 0 Å². The van der Waals surface area contributed by atoms with Gasteiger partial charge >= 0.3 is 0 Å². The number of rotatable bonds is 2. The minimum atomic E-state index is 0.0342. The lowest BCUT2D eigenvalue weighted by Gasteiger charge is -2.22. The summed E-state index contributed by atoms with van der Waals surface area (Å²) >= 11 is 0. The smallest absolute Gasteiger partial charge is 0.255 e. The molecule has 4 heteroatoms. The van der Waals surface area contributed by atoms with Gasteiger partial charge in [0.1, 0.15) is 0 Å². The Bertz CT molecular complexity index is 423. The Morgan fingerprint density at radius 1 is 1.29 bits per heavy atom. The monoisotopic (exact) mass is 233 g/mol. The maximum atomic E-state index is 12.1. The van der Waals surface area contributed by atoms with Crippen LogP contribution in [0.25, 0.3) is 0 Å². The minimum absolute atomic E-state index is 0.0342. The third-order valence-electron chi connectivity index (χ3n) is 3.11. The Balaban J connectivity index is 2.40. The summed E-state index contributed by atoms with van der Waals surface area (Å²) in [6.45, 7) is 2.02. The Kier molecular flexibility index (Phi) is 3.22. The van der Waals surface area contributed by atoms with E-state index in [0.29, 0.717) is 5.69 Å². The van der Waals surface area contributed by atoms with Crippen LogP contribution >= 0.6 is 0 Å². The van der Waals surface area contributed by atoms with Crippen molar-refractivity contribution in [3.05, 3.63) is 23.8 Å². The highest BCUT2D eigenvalue weighted by atomic mass is 16.2. The molecule has 0 bridgehead atoms. The molecule has 1 aromatic carbocycles. The van der Waals surface area contributed by atoms with Crippen molar-refractivity contribution in [1.82, 2.24) is 4.90 Å². The number of amides is 1. The van der Waals surface area contributed by atoms with Crippen molar-refractivity contribution >= 4 is 17.3 Å². The van der Waals surface area contributed by atoms with E-state index in [-0.39, 0.29) is 5.91 Å². The molecule has 92 valence electrons. The van der Waals surface area contributed by atoms with Crippen LogP contribution in [0.2, 0.25) is 0 Å². The van der Waals surface area contributed by atoms with E-state index in [4.69, 9.17) is 5.73 Å². The van der Waals surface area contributed by atoms with E-state index < -0.39 is 0 Å². The van der Waals surface area contributed by atoms with E-state index in [1.807, 2.05) is 12.1 Å². The van der Waals surface area contributed by atoms with E-state index in [1.54, 1.807) is 25.1 Å². The first-order valence-corrected chi connectivity index (χ1v) is 5.95. The van der Waals surface area contributed by atoms with E-state index >= 15 is 0 Å². The first-order valence-electron chi connectivity index (χ1n) is 5.95. The minimum Gasteiger partial charge on any atom is -0.399 e. The molecule has 17 heavy (non-hydrogen) atoms. The van der Waals surface area contributed by atoms with Crippen LogP contribution in [0.1, 0.15) is 23.2 Å². The zero-order chi connectivity index (χ0) is 12.4. The maximum Gasteiger partial charge on any atom is 0.255 e. The molecule has 0 saturated carbocycles. The quantitative estimate of drug-likeness (QED) is 0.789. The van der Waals surface area contributed by atoms with Crippen LogP contribution in [0.3, 0.4) is 0 Å². The van der Waals surface area contributed by atoms with E-state index in [9.17, 15) is 4.79 Å². The maximum absolute atomic E-state index is 12.1. The second-order valence-electron chi connectivity index (χ2n) is 4.67. The Hall–Kier alpha value is -1.71. The number of nitrogens with zero attached hydrogens (tertiary/aromatic N) is 2. The summed E-state index contributed by atoms with van der Waals surface area (Å²) in [6, 6.07) is 5.52. The summed E-state index contributed by atoms with van der Waals surface area (Å²) in [5.41, 5.74) is 8.25. The zero-order valence-electron chi connectivity index (χ0n) is 10.4. The lowest BCUT2D eigenvalue weighted by molar-refractivity contribution is 0.0828. The highest BCUT2D eigenvalue weighted by Crippen LogP contribution is 2.27. The molecule has 0 aromatic heterocycles. The van der Waals surface area contributed by atoms with Gasteiger partial charge in [0.05, 0.1) is 11.3 Å². The number of nitrogens with two attached hydrogens (primary N) is 1. The average molecular weight is 233 g/mol. The molecule has 1 heterocycles. The summed E-state index contributed by atoms with van der Waals surface area (Å²) in [5.74, 6) is 0.0342.